The van der Waals surface area contributed by atoms with Crippen molar-refractivity contribution in [2.75, 3.05) is 19.8 Å². The third-order valence-corrected chi connectivity index (χ3v) is 3.84. The van der Waals surface area contributed by atoms with Gasteiger partial charge in [-0.1, -0.05) is 29.8 Å². The number of fused-ring (bicyclic) bond motifs is 1. The quantitative estimate of drug-likeness (QED) is 0.464. The van der Waals surface area contributed by atoms with Crippen molar-refractivity contribution in [3.8, 4) is 11.6 Å². The van der Waals surface area contributed by atoms with Crippen LogP contribution in [0.25, 0.3) is 10.9 Å². The van der Waals surface area contributed by atoms with Crippen LogP contribution in [0.2, 0.25) is 10.4 Å². The molecule has 25 heavy (non-hydrogen) atoms. The standard InChI is InChI=1S/C16H16Cl2N4O2.ClH/c17-14-13(23-8-6-19)15(22-16(18)21-14)24-7-5-10-9-20-12-4-2-1-3-11(10)12;/h1-4,9,20H,5-8,19H2;1H. The smallest absolute Gasteiger partial charge is 0.263 e. The first kappa shape index (κ1) is 19.6. The summed E-state index contributed by atoms with van der Waals surface area (Å²) in [7, 11) is 0. The lowest BCUT2D eigenvalue weighted by molar-refractivity contribution is 0.264. The first-order chi connectivity index (χ1) is 11.7. The van der Waals surface area contributed by atoms with Crippen LogP contribution in [0, 0.1) is 0 Å². The molecule has 0 aliphatic rings. The highest BCUT2D eigenvalue weighted by Crippen LogP contribution is 2.33. The van der Waals surface area contributed by atoms with Crippen molar-refractivity contribution < 1.29 is 9.47 Å². The zero-order valence-electron chi connectivity index (χ0n) is 13.2. The number of ether oxygens (including phenoxy) is 2. The average Bonchev–Trinajstić information content (AvgIpc) is 2.97. The van der Waals surface area contributed by atoms with E-state index in [-0.39, 0.29) is 41.1 Å². The molecule has 0 unspecified atom stereocenters. The Hall–Kier alpha value is -1.73. The van der Waals surface area contributed by atoms with E-state index >= 15 is 0 Å². The lowest BCUT2D eigenvalue weighted by atomic mass is 10.1. The fourth-order valence-electron chi connectivity index (χ4n) is 2.36. The summed E-state index contributed by atoms with van der Waals surface area (Å²) in [6.45, 7) is 1.02. The zero-order valence-corrected chi connectivity index (χ0v) is 15.5. The largest absolute Gasteiger partial charge is 0.484 e. The summed E-state index contributed by atoms with van der Waals surface area (Å²) in [4.78, 5) is 11.1. The van der Waals surface area contributed by atoms with Crippen molar-refractivity contribution in [1.29, 1.82) is 0 Å². The van der Waals surface area contributed by atoms with Gasteiger partial charge in [0.05, 0.1) is 6.61 Å². The molecule has 2 heterocycles. The molecule has 0 saturated heterocycles. The van der Waals surface area contributed by atoms with E-state index in [0.29, 0.717) is 19.6 Å². The maximum absolute atomic E-state index is 6.04. The van der Waals surface area contributed by atoms with Crippen molar-refractivity contribution in [3.05, 3.63) is 46.5 Å². The minimum atomic E-state index is 0. The topological polar surface area (TPSA) is 86.1 Å². The predicted octanol–water partition coefficient (Wildman–Crippen LogP) is 3.65. The van der Waals surface area contributed by atoms with Gasteiger partial charge in [-0.05, 0) is 23.2 Å². The van der Waals surface area contributed by atoms with Crippen LogP contribution < -0.4 is 15.2 Å². The van der Waals surface area contributed by atoms with Crippen LogP contribution >= 0.6 is 35.6 Å². The number of nitrogens with zero attached hydrogens (tertiary/aromatic N) is 2. The van der Waals surface area contributed by atoms with E-state index in [9.17, 15) is 0 Å². The molecule has 2 aromatic heterocycles. The van der Waals surface area contributed by atoms with Crippen LogP contribution in [0.5, 0.6) is 11.6 Å². The zero-order chi connectivity index (χ0) is 16.9. The number of H-pyrrole nitrogens is 1. The molecule has 0 aliphatic carbocycles. The Kier molecular flexibility index (Phi) is 7.13. The lowest BCUT2D eigenvalue weighted by Crippen LogP contribution is -2.13. The highest BCUT2D eigenvalue weighted by atomic mass is 35.5. The molecule has 0 saturated carbocycles. The van der Waals surface area contributed by atoms with E-state index in [1.54, 1.807) is 0 Å². The fraction of sp³-hybridized carbons (Fsp3) is 0.250. The molecule has 0 amide bonds. The van der Waals surface area contributed by atoms with Crippen LogP contribution in [-0.4, -0.2) is 34.7 Å². The summed E-state index contributed by atoms with van der Waals surface area (Å²) >= 11 is 11.9. The Labute approximate surface area is 161 Å². The summed E-state index contributed by atoms with van der Waals surface area (Å²) in [5, 5.41) is 1.27. The van der Waals surface area contributed by atoms with Gasteiger partial charge in [0.15, 0.2) is 5.15 Å². The van der Waals surface area contributed by atoms with Gasteiger partial charge in [0.25, 0.3) is 5.88 Å². The Morgan fingerprint density at radius 1 is 1.08 bits per heavy atom. The molecular weight excluding hydrogens is 387 g/mol. The number of nitrogens with one attached hydrogen (secondary N) is 1. The third kappa shape index (κ3) is 4.67. The molecule has 0 fully saturated rings. The molecule has 0 atom stereocenters. The molecule has 3 aromatic rings. The fourth-order valence-corrected chi connectivity index (χ4v) is 2.78. The Bertz CT molecular complexity index is 841. The van der Waals surface area contributed by atoms with Crippen LogP contribution in [-0.2, 0) is 6.42 Å². The first-order valence-electron chi connectivity index (χ1n) is 7.42. The van der Waals surface area contributed by atoms with Gasteiger partial charge in [0.2, 0.25) is 11.0 Å². The maximum Gasteiger partial charge on any atom is 0.263 e. The number of para-hydroxylation sites is 1. The number of benzene rings is 1. The van der Waals surface area contributed by atoms with Gasteiger partial charge >= 0.3 is 0 Å². The van der Waals surface area contributed by atoms with E-state index in [0.717, 1.165) is 11.1 Å². The predicted molar refractivity (Wildman–Crippen MR) is 101 cm³/mol. The second kappa shape index (κ2) is 9.10. The van der Waals surface area contributed by atoms with Gasteiger partial charge in [0.1, 0.15) is 6.61 Å². The molecule has 9 heteroatoms. The molecule has 1 aromatic carbocycles. The number of aromatic amines is 1. The maximum atomic E-state index is 6.04. The molecule has 134 valence electrons. The van der Waals surface area contributed by atoms with Gasteiger partial charge in [-0.3, -0.25) is 0 Å². The van der Waals surface area contributed by atoms with E-state index in [1.807, 2.05) is 24.4 Å². The van der Waals surface area contributed by atoms with Crippen molar-refractivity contribution >= 4 is 46.5 Å². The summed E-state index contributed by atoms with van der Waals surface area (Å²) < 4.78 is 11.2. The molecule has 3 N–H and O–H groups in total. The Balaban J connectivity index is 0.00000225. The Morgan fingerprint density at radius 2 is 1.88 bits per heavy atom. The van der Waals surface area contributed by atoms with Crippen molar-refractivity contribution in [2.45, 2.75) is 6.42 Å². The molecule has 0 aliphatic heterocycles. The molecule has 3 rings (SSSR count). The molecule has 6 nitrogen and oxygen atoms in total. The molecular formula is C16H17Cl3N4O2. The highest BCUT2D eigenvalue weighted by Gasteiger charge is 2.16. The number of rotatable bonds is 7. The lowest BCUT2D eigenvalue weighted by Gasteiger charge is -2.12. The van der Waals surface area contributed by atoms with E-state index in [2.05, 4.69) is 21.0 Å². The number of halogens is 3. The van der Waals surface area contributed by atoms with E-state index in [1.165, 1.54) is 5.39 Å². The second-order valence-corrected chi connectivity index (χ2v) is 5.71. The molecule has 0 radical (unpaired) electrons. The summed E-state index contributed by atoms with van der Waals surface area (Å²) in [5.41, 5.74) is 7.69. The summed E-state index contributed by atoms with van der Waals surface area (Å²) in [6, 6.07) is 8.09. The van der Waals surface area contributed by atoms with E-state index in [4.69, 9.17) is 38.4 Å². The van der Waals surface area contributed by atoms with Crippen LogP contribution in [0.4, 0.5) is 0 Å². The van der Waals surface area contributed by atoms with Gasteiger partial charge in [-0.25, -0.2) is 4.98 Å². The monoisotopic (exact) mass is 402 g/mol. The molecule has 0 spiro atoms. The summed E-state index contributed by atoms with van der Waals surface area (Å²) in [6.07, 6.45) is 2.67. The Morgan fingerprint density at radius 3 is 2.68 bits per heavy atom. The van der Waals surface area contributed by atoms with Crippen LogP contribution in [0.1, 0.15) is 5.56 Å². The molecule has 0 bridgehead atoms. The average molecular weight is 404 g/mol. The van der Waals surface area contributed by atoms with Gasteiger partial charge in [-0.15, -0.1) is 12.4 Å². The number of hydrogen-bond donors (Lipinski definition) is 2. The first-order valence-corrected chi connectivity index (χ1v) is 8.18. The minimum absolute atomic E-state index is 0. The third-order valence-electron chi connectivity index (χ3n) is 3.42. The second-order valence-electron chi connectivity index (χ2n) is 5.01. The number of aromatic nitrogens is 3. The SMILES string of the molecule is Cl.NCCOc1c(Cl)nc(Cl)nc1OCCc1c[nH]c2ccccc12. The van der Waals surface area contributed by atoms with Gasteiger partial charge in [-0.2, -0.15) is 4.98 Å². The van der Waals surface area contributed by atoms with E-state index < -0.39 is 0 Å². The normalized spacial score (nSPS) is 10.5. The number of nitrogens with two attached hydrogens (primary N) is 1. The minimum Gasteiger partial charge on any atom is -0.484 e. The van der Waals surface area contributed by atoms with Gasteiger partial charge in [0, 0.05) is 30.1 Å². The number of hydrogen-bond acceptors (Lipinski definition) is 5. The van der Waals surface area contributed by atoms with Crippen molar-refractivity contribution in [3.63, 3.8) is 0 Å². The van der Waals surface area contributed by atoms with Crippen molar-refractivity contribution in [1.82, 2.24) is 15.0 Å². The summed E-state index contributed by atoms with van der Waals surface area (Å²) in [5.74, 6) is 0.471. The highest BCUT2D eigenvalue weighted by molar-refractivity contribution is 6.33. The van der Waals surface area contributed by atoms with Gasteiger partial charge < -0.3 is 20.2 Å². The van der Waals surface area contributed by atoms with Crippen molar-refractivity contribution in [2.24, 2.45) is 5.73 Å². The van der Waals surface area contributed by atoms with Crippen LogP contribution in [0.15, 0.2) is 30.5 Å². The van der Waals surface area contributed by atoms with Crippen LogP contribution in [0.3, 0.4) is 0 Å².